The van der Waals surface area contributed by atoms with Gasteiger partial charge in [0.15, 0.2) is 0 Å². The molecule has 30 heavy (non-hydrogen) atoms. The van der Waals surface area contributed by atoms with Gasteiger partial charge in [-0.2, -0.15) is 0 Å². The maximum absolute atomic E-state index is 5.37. The van der Waals surface area contributed by atoms with Gasteiger partial charge in [0.2, 0.25) is 0 Å². The van der Waals surface area contributed by atoms with E-state index in [1.807, 2.05) is 24.4 Å². The van der Waals surface area contributed by atoms with Crippen LogP contribution in [0.5, 0.6) is 5.75 Å². The van der Waals surface area contributed by atoms with Crippen LogP contribution in [0, 0.1) is 12.8 Å². The van der Waals surface area contributed by atoms with Crippen molar-refractivity contribution in [2.45, 2.75) is 38.6 Å². The van der Waals surface area contributed by atoms with Crippen molar-refractivity contribution in [3.63, 3.8) is 0 Å². The standard InChI is InChI=1S/C25H28N4O/c1-16-11-24(28-22-14-20(30-3)8-9-21(16)22)27-19-7-6-17(13-19)12-18-15-29(2)23-5-4-10-26-25(18)23/h4-5,8-11,14-15,17,19H,6-7,12-13H2,1-3H3,(H,27,28)/t17-,19+/m1/s1. The first-order valence-electron chi connectivity index (χ1n) is 10.7. The van der Waals surface area contributed by atoms with Gasteiger partial charge in [-0.3, -0.25) is 4.98 Å². The van der Waals surface area contributed by atoms with Gasteiger partial charge >= 0.3 is 0 Å². The van der Waals surface area contributed by atoms with Crippen molar-refractivity contribution in [3.8, 4) is 5.75 Å². The number of benzene rings is 1. The van der Waals surface area contributed by atoms with Gasteiger partial charge in [-0.1, -0.05) is 0 Å². The van der Waals surface area contributed by atoms with E-state index in [0.717, 1.165) is 29.0 Å². The third-order valence-corrected chi connectivity index (χ3v) is 6.45. The van der Waals surface area contributed by atoms with Gasteiger partial charge in [-0.25, -0.2) is 4.98 Å². The molecule has 2 atom stereocenters. The van der Waals surface area contributed by atoms with Gasteiger partial charge < -0.3 is 14.6 Å². The van der Waals surface area contributed by atoms with Crippen LogP contribution >= 0.6 is 0 Å². The maximum Gasteiger partial charge on any atom is 0.127 e. The first kappa shape index (κ1) is 18.9. The second kappa shape index (κ2) is 7.63. The summed E-state index contributed by atoms with van der Waals surface area (Å²) in [5, 5.41) is 4.87. The lowest BCUT2D eigenvalue weighted by atomic mass is 9.99. The lowest BCUT2D eigenvalue weighted by Gasteiger charge is -2.16. The number of fused-ring (bicyclic) bond motifs is 2. The summed E-state index contributed by atoms with van der Waals surface area (Å²) in [6, 6.07) is 12.9. The summed E-state index contributed by atoms with van der Waals surface area (Å²) in [6.45, 7) is 2.15. The second-order valence-electron chi connectivity index (χ2n) is 8.57. The number of pyridine rings is 2. The quantitative estimate of drug-likeness (QED) is 0.496. The zero-order valence-corrected chi connectivity index (χ0v) is 17.9. The van der Waals surface area contributed by atoms with Crippen LogP contribution in [-0.4, -0.2) is 27.7 Å². The summed E-state index contributed by atoms with van der Waals surface area (Å²) in [4.78, 5) is 9.48. The van der Waals surface area contributed by atoms with E-state index in [0.29, 0.717) is 12.0 Å². The molecule has 5 nitrogen and oxygen atoms in total. The molecule has 4 aromatic rings. The molecule has 1 aliphatic carbocycles. The molecule has 5 heteroatoms. The Morgan fingerprint density at radius 2 is 2.10 bits per heavy atom. The van der Waals surface area contributed by atoms with Crippen LogP contribution in [0.15, 0.2) is 48.8 Å². The van der Waals surface area contributed by atoms with Gasteiger partial charge in [0.1, 0.15) is 11.6 Å². The monoisotopic (exact) mass is 400 g/mol. The summed E-state index contributed by atoms with van der Waals surface area (Å²) in [5.74, 6) is 2.48. The van der Waals surface area contributed by atoms with Crippen molar-refractivity contribution in [2.24, 2.45) is 13.0 Å². The van der Waals surface area contributed by atoms with Crippen molar-refractivity contribution in [3.05, 3.63) is 59.9 Å². The van der Waals surface area contributed by atoms with Crippen LogP contribution in [-0.2, 0) is 13.5 Å². The van der Waals surface area contributed by atoms with Crippen LogP contribution in [0.4, 0.5) is 5.82 Å². The molecule has 0 radical (unpaired) electrons. The van der Waals surface area contributed by atoms with Crippen LogP contribution in [0.3, 0.4) is 0 Å². The minimum atomic E-state index is 0.466. The van der Waals surface area contributed by atoms with E-state index in [-0.39, 0.29) is 0 Å². The third-order valence-electron chi connectivity index (χ3n) is 6.45. The van der Waals surface area contributed by atoms with Gasteiger partial charge in [-0.15, -0.1) is 0 Å². The normalized spacial score (nSPS) is 18.9. The van der Waals surface area contributed by atoms with Crippen molar-refractivity contribution in [2.75, 3.05) is 12.4 Å². The fourth-order valence-electron chi connectivity index (χ4n) is 4.94. The van der Waals surface area contributed by atoms with Crippen LogP contribution in [0.1, 0.15) is 30.4 Å². The molecular weight excluding hydrogens is 372 g/mol. The molecule has 3 heterocycles. The Hall–Kier alpha value is -3.08. The average Bonchev–Trinajstić information content (AvgIpc) is 3.32. The SMILES string of the molecule is COc1ccc2c(C)cc(N[C@H]3CC[C@H](Cc4cn(C)c5cccnc45)C3)nc2c1. The van der Waals surface area contributed by atoms with E-state index in [4.69, 9.17) is 9.72 Å². The molecule has 0 saturated heterocycles. The van der Waals surface area contributed by atoms with E-state index < -0.39 is 0 Å². The Morgan fingerprint density at radius 3 is 2.97 bits per heavy atom. The summed E-state index contributed by atoms with van der Waals surface area (Å²) < 4.78 is 7.56. The van der Waals surface area contributed by atoms with Gasteiger partial charge in [0.05, 0.1) is 23.7 Å². The topological polar surface area (TPSA) is 52.0 Å². The molecule has 0 bridgehead atoms. The summed E-state index contributed by atoms with van der Waals surface area (Å²) in [7, 11) is 3.80. The highest BCUT2D eigenvalue weighted by molar-refractivity contribution is 5.85. The second-order valence-corrected chi connectivity index (χ2v) is 8.57. The summed E-state index contributed by atoms with van der Waals surface area (Å²) in [6.07, 6.45) is 8.82. The molecule has 154 valence electrons. The number of aryl methyl sites for hydroxylation is 2. The molecule has 5 rings (SSSR count). The Bertz CT molecular complexity index is 1210. The summed E-state index contributed by atoms with van der Waals surface area (Å²) in [5.41, 5.74) is 5.95. The molecule has 0 unspecified atom stereocenters. The van der Waals surface area contributed by atoms with Crippen LogP contribution in [0.2, 0.25) is 0 Å². The Labute approximate surface area is 177 Å². The lowest BCUT2D eigenvalue weighted by Crippen LogP contribution is -2.17. The highest BCUT2D eigenvalue weighted by atomic mass is 16.5. The number of ether oxygens (including phenoxy) is 1. The predicted molar refractivity (Wildman–Crippen MR) is 122 cm³/mol. The van der Waals surface area contributed by atoms with E-state index in [1.165, 1.54) is 41.3 Å². The molecule has 0 spiro atoms. The lowest BCUT2D eigenvalue weighted by molar-refractivity contribution is 0.415. The van der Waals surface area contributed by atoms with E-state index >= 15 is 0 Å². The first-order valence-corrected chi connectivity index (χ1v) is 10.7. The first-order chi connectivity index (χ1) is 14.6. The maximum atomic E-state index is 5.37. The zero-order valence-electron chi connectivity index (χ0n) is 17.9. The fraction of sp³-hybridized carbons (Fsp3) is 0.360. The number of anilines is 1. The van der Waals surface area contributed by atoms with E-state index in [2.05, 4.69) is 53.2 Å². The molecule has 1 N–H and O–H groups in total. The smallest absolute Gasteiger partial charge is 0.127 e. The molecule has 1 aromatic carbocycles. The van der Waals surface area contributed by atoms with E-state index in [9.17, 15) is 0 Å². The van der Waals surface area contributed by atoms with Gasteiger partial charge in [0.25, 0.3) is 0 Å². The minimum Gasteiger partial charge on any atom is -0.497 e. The van der Waals surface area contributed by atoms with Gasteiger partial charge in [0, 0.05) is 36.9 Å². The zero-order chi connectivity index (χ0) is 20.7. The number of aromatic nitrogens is 3. The molecular formula is C25H28N4O. The Kier molecular flexibility index (Phi) is 4.81. The highest BCUT2D eigenvalue weighted by Gasteiger charge is 2.26. The Balaban J connectivity index is 1.30. The van der Waals surface area contributed by atoms with Crippen molar-refractivity contribution < 1.29 is 4.74 Å². The molecule has 1 fully saturated rings. The molecule has 3 aromatic heterocycles. The minimum absolute atomic E-state index is 0.466. The fourth-order valence-corrected chi connectivity index (χ4v) is 4.94. The number of nitrogens with zero attached hydrogens (tertiary/aromatic N) is 3. The molecule has 1 saturated carbocycles. The number of hydrogen-bond donors (Lipinski definition) is 1. The van der Waals surface area contributed by atoms with Crippen LogP contribution < -0.4 is 10.1 Å². The van der Waals surface area contributed by atoms with Crippen molar-refractivity contribution >= 4 is 27.8 Å². The van der Waals surface area contributed by atoms with Crippen LogP contribution in [0.25, 0.3) is 21.9 Å². The number of rotatable bonds is 5. The Morgan fingerprint density at radius 1 is 1.20 bits per heavy atom. The van der Waals surface area contributed by atoms with Gasteiger partial charge in [-0.05, 0) is 80.0 Å². The molecule has 0 amide bonds. The highest BCUT2D eigenvalue weighted by Crippen LogP contribution is 2.33. The molecule has 1 aliphatic rings. The molecule has 0 aliphatic heterocycles. The largest absolute Gasteiger partial charge is 0.497 e. The number of methoxy groups -OCH3 is 1. The third kappa shape index (κ3) is 3.49. The van der Waals surface area contributed by atoms with E-state index in [1.54, 1.807) is 7.11 Å². The van der Waals surface area contributed by atoms with Crippen molar-refractivity contribution in [1.29, 1.82) is 0 Å². The average molecular weight is 401 g/mol. The summed E-state index contributed by atoms with van der Waals surface area (Å²) >= 11 is 0. The van der Waals surface area contributed by atoms with Crippen molar-refractivity contribution in [1.82, 2.24) is 14.5 Å². The number of nitrogens with one attached hydrogen (secondary N) is 1. The number of hydrogen-bond acceptors (Lipinski definition) is 4. The predicted octanol–water partition coefficient (Wildman–Crippen LogP) is 5.26.